The molecule has 0 saturated carbocycles. The lowest BCUT2D eigenvalue weighted by atomic mass is 10.00. The van der Waals surface area contributed by atoms with Crippen LogP contribution in [0.1, 0.15) is 140 Å². The molecule has 0 radical (unpaired) electrons. The van der Waals surface area contributed by atoms with Crippen molar-refractivity contribution in [2.75, 3.05) is 71.2 Å². The van der Waals surface area contributed by atoms with Crippen LogP contribution in [-0.4, -0.2) is 317 Å². The molecule has 3 aromatic carbocycles. The zero-order valence-electron chi connectivity index (χ0n) is 77.7. The van der Waals surface area contributed by atoms with Gasteiger partial charge in [-0.2, -0.15) is 0 Å². The Bertz CT molecular complexity index is 5250. The van der Waals surface area contributed by atoms with Gasteiger partial charge in [-0.1, -0.05) is 102 Å². The summed E-state index contributed by atoms with van der Waals surface area (Å²) in [4.78, 5) is 270. The number of fused-ring (bicyclic) bond motifs is 4. The zero-order valence-corrected chi connectivity index (χ0v) is 78.5. The zero-order chi connectivity index (χ0) is 99.3. The Balaban J connectivity index is 1.10. The fraction of sp³-hybridized carbons (Fsp3) is 0.527. The predicted octanol–water partition coefficient (Wildman–Crippen LogP) is -3.05. The summed E-state index contributed by atoms with van der Waals surface area (Å²) in [5.41, 5.74) is 26.3. The van der Waals surface area contributed by atoms with E-state index in [4.69, 9.17) is 28.3 Å². The maximum atomic E-state index is 15.8. The molecule has 44 nitrogen and oxygen atoms in total. The van der Waals surface area contributed by atoms with Gasteiger partial charge in [0.25, 0.3) is 0 Å². The summed E-state index contributed by atoms with van der Waals surface area (Å²) in [7, 11) is 3.93. The number of aromatic nitrogens is 4. The largest absolute Gasteiger partial charge is 0.399 e. The summed E-state index contributed by atoms with van der Waals surface area (Å²) in [5, 5.41) is 61.0. The molecule has 45 heteroatoms. The lowest BCUT2D eigenvalue weighted by Crippen LogP contribution is -2.62. The number of nitrogens with two attached hydrogens (primary N) is 4. The number of imidazole rings is 1. The molecule has 3 aliphatic rings. The topological polar surface area (TPSA) is 667 Å². The molecular formula is C91H129N25O19S. The minimum atomic E-state index is -1.89. The monoisotopic (exact) mass is 1910 g/mol. The van der Waals surface area contributed by atoms with E-state index in [2.05, 4.69) is 78.4 Å². The number of aliphatic hydroxyl groups is 2. The standard InChI is InChI=1S/C91H129N25O19S/c1-9-11-24-70-83(128)104-61(23-17-31-98-91(95)96)79(124)111-69(78(123)101-43-75(94)120)46-136-47-76(121)103-65(34-51-27-29-54(92)30-28-51)86(131)112(6)50(5)77(122)107-67(39-74(93)119)88(133)115-32-18-26-71(115)84(129)106-63(37-55-42-97-48-102-55)81(126)108-64(33-49(3)4)89(134)116-44-56(118)38-73(116)85(130)105-62(35-52-40-99-59-21-15-13-19-57(52)59)80(125)110-68(45-117)82(127)109-66(36-53-41-100-60-22-16-14-20-58(53)60)87(132)114(8)72(25-12-10-2)90(135)113(70)7/h13-16,19-22,27-30,40-42,48-50,56,61-73,99-100,117-118H,9-12,17-18,23-26,31-39,43-47,92H2,1-8H3,(H2,93,119)(H2,94,120)(H,97,102)(H,101,123)(H,103,121)(H,104,128)(H,105,130)(H,106,129)(H,107,122)(H,108,126)(H,109,127)(H,110,125)(H,111,124)(H4,95,96,98)/t50-,56+,61-,62-,63-,64-,65-,66-,67-,68-,69-,70-,71-,72-,73-/m0/s1. The number of nitrogens with zero attached hydrogens (tertiary/aromatic N) is 6. The Morgan fingerprint density at radius 2 is 1.09 bits per heavy atom. The highest BCUT2D eigenvalue weighted by molar-refractivity contribution is 8.00. The maximum Gasteiger partial charge on any atom is 0.246 e. The first-order valence-electron chi connectivity index (χ1n) is 45.6. The van der Waals surface area contributed by atoms with E-state index in [1.807, 2.05) is 13.8 Å². The van der Waals surface area contributed by atoms with Crippen LogP contribution in [0.15, 0.2) is 97.7 Å². The number of likely N-dealkylation sites (N-methyl/N-ethyl adjacent to an activating group) is 3. The van der Waals surface area contributed by atoms with Crippen LogP contribution >= 0.6 is 11.8 Å². The molecule has 15 atom stereocenters. The number of rotatable bonds is 26. The number of guanidine groups is 1. The third-order valence-corrected chi connectivity index (χ3v) is 25.4. The van der Waals surface area contributed by atoms with E-state index in [-0.39, 0.29) is 89.6 Å². The molecule has 738 valence electrons. The molecule has 3 aromatic heterocycles. The van der Waals surface area contributed by atoms with Crippen LogP contribution in [0.2, 0.25) is 0 Å². The Hall–Kier alpha value is -13.7. The number of hydrogen-bond donors (Lipinski definition) is 21. The molecule has 3 aliphatic heterocycles. The molecule has 25 N–H and O–H groups in total. The van der Waals surface area contributed by atoms with Crippen molar-refractivity contribution in [1.82, 2.24) is 103 Å². The Kier molecular flexibility index (Phi) is 39.4. The molecule has 17 amide bonds. The number of thioether (sulfide) groups is 1. The van der Waals surface area contributed by atoms with Crippen molar-refractivity contribution < 1.29 is 91.7 Å². The first-order chi connectivity index (χ1) is 64.8. The van der Waals surface area contributed by atoms with E-state index < -0.39 is 241 Å². The van der Waals surface area contributed by atoms with Gasteiger partial charge in [0.05, 0.1) is 37.8 Å². The highest BCUT2D eigenvalue weighted by atomic mass is 32.2. The Labute approximate surface area is 790 Å². The molecule has 0 unspecified atom stereocenters. The minimum Gasteiger partial charge on any atom is -0.399 e. The molecule has 0 aliphatic carbocycles. The number of hydrogen-bond acceptors (Lipinski definition) is 23. The van der Waals surface area contributed by atoms with E-state index >= 15 is 38.4 Å². The number of nitrogens with one attached hydrogen (secondary N) is 15. The van der Waals surface area contributed by atoms with E-state index in [9.17, 15) is 53.4 Å². The van der Waals surface area contributed by atoms with Crippen molar-refractivity contribution in [1.29, 1.82) is 5.41 Å². The number of anilines is 1. The number of benzene rings is 3. The smallest absolute Gasteiger partial charge is 0.246 e. The second-order valence-corrected chi connectivity index (χ2v) is 36.1. The fourth-order valence-corrected chi connectivity index (χ4v) is 17.7. The number of para-hydroxylation sites is 2. The van der Waals surface area contributed by atoms with Gasteiger partial charge >= 0.3 is 0 Å². The Morgan fingerprint density at radius 3 is 1.68 bits per heavy atom. The van der Waals surface area contributed by atoms with Crippen molar-refractivity contribution in [2.45, 2.75) is 234 Å². The number of unbranched alkanes of at least 4 members (excludes halogenated alkanes) is 2. The average molecular weight is 1910 g/mol. The lowest BCUT2D eigenvalue weighted by molar-refractivity contribution is -0.149. The van der Waals surface area contributed by atoms with Crippen molar-refractivity contribution in [3.63, 3.8) is 0 Å². The van der Waals surface area contributed by atoms with Gasteiger partial charge < -0.3 is 131 Å². The van der Waals surface area contributed by atoms with Crippen molar-refractivity contribution in [2.24, 2.45) is 23.1 Å². The van der Waals surface area contributed by atoms with Crippen LogP contribution in [0.25, 0.3) is 21.8 Å². The number of primary amides is 2. The second kappa shape index (κ2) is 50.6. The van der Waals surface area contributed by atoms with Crippen molar-refractivity contribution in [3.05, 3.63) is 120 Å². The lowest BCUT2D eigenvalue weighted by Gasteiger charge is -2.36. The number of aromatic amines is 3. The number of carbonyl (C=O) groups excluding carboxylic acids is 17. The first-order valence-corrected chi connectivity index (χ1v) is 46.8. The van der Waals surface area contributed by atoms with Gasteiger partial charge in [0.2, 0.25) is 100 Å². The minimum absolute atomic E-state index is 0.00937. The van der Waals surface area contributed by atoms with Crippen LogP contribution in [0.3, 0.4) is 0 Å². The predicted molar refractivity (Wildman–Crippen MR) is 503 cm³/mol. The van der Waals surface area contributed by atoms with Gasteiger partial charge in [-0.15, -0.1) is 11.8 Å². The van der Waals surface area contributed by atoms with Crippen LogP contribution in [0.5, 0.6) is 0 Å². The first kappa shape index (κ1) is 106. The molecule has 9 rings (SSSR count). The number of nitrogen functional groups attached to an aromatic ring is 1. The molecule has 136 heavy (non-hydrogen) atoms. The quantitative estimate of drug-likeness (QED) is 0.0111. The number of H-pyrrole nitrogens is 3. The number of carbonyl (C=O) groups is 17. The summed E-state index contributed by atoms with van der Waals surface area (Å²) in [6, 6.07) is -1.45. The van der Waals surface area contributed by atoms with Gasteiger partial charge in [0.1, 0.15) is 84.6 Å². The molecule has 3 fully saturated rings. The molecule has 3 saturated heterocycles. The van der Waals surface area contributed by atoms with Gasteiger partial charge in [-0.25, -0.2) is 4.98 Å². The summed E-state index contributed by atoms with van der Waals surface area (Å²) in [6.07, 6.45) is 3.78. The summed E-state index contributed by atoms with van der Waals surface area (Å²) < 4.78 is 0. The molecule has 6 aromatic rings. The molecule has 0 bridgehead atoms. The van der Waals surface area contributed by atoms with E-state index in [1.54, 1.807) is 99.0 Å². The molecule has 6 heterocycles. The third-order valence-electron chi connectivity index (χ3n) is 24.4. The van der Waals surface area contributed by atoms with Crippen LogP contribution in [0, 0.1) is 11.3 Å². The number of aliphatic hydroxyl groups excluding tert-OH is 2. The van der Waals surface area contributed by atoms with Gasteiger partial charge in [0.15, 0.2) is 5.96 Å². The van der Waals surface area contributed by atoms with Crippen molar-refractivity contribution >= 4 is 146 Å². The van der Waals surface area contributed by atoms with Gasteiger partial charge in [0, 0.05) is 130 Å². The highest BCUT2D eigenvalue weighted by Gasteiger charge is 2.47. The Morgan fingerprint density at radius 1 is 0.551 bits per heavy atom. The number of amides is 17. The summed E-state index contributed by atoms with van der Waals surface area (Å²) in [5.74, 6) is -17.7. The van der Waals surface area contributed by atoms with E-state index in [0.29, 0.717) is 75.6 Å². The van der Waals surface area contributed by atoms with Gasteiger partial charge in [-0.3, -0.25) is 86.9 Å². The second-order valence-electron chi connectivity index (χ2n) is 35.1. The SMILES string of the molecule is CCCC[C@H]1C(=O)N(C)[C@@H](CCCC)C(=O)N[C@@H](CCCNC(=N)N)C(=O)N[C@H](C(=O)NCC(N)=O)CSCC(=O)N[C@@H](Cc2ccc(N)cc2)C(=O)N(C)[C@@H](C)C(=O)N[C@@H](CC(N)=O)C(=O)N2CCC[C@H]2C(=O)N[C@@H](Cc2cnc[nH]2)C(=O)N[C@@H](CC(C)C)C(=O)N2C[C@H](O)C[C@H]2C(=O)N[C@@H](Cc2c[nH]c3ccccc23)C(=O)N[C@@H](CO)C(=O)N[C@@H](Cc2c[nH]c3ccccc23)C(=O)N1C. The van der Waals surface area contributed by atoms with Crippen molar-refractivity contribution in [3.8, 4) is 0 Å². The van der Waals surface area contributed by atoms with Crippen LogP contribution in [0.4, 0.5) is 5.69 Å². The van der Waals surface area contributed by atoms with Gasteiger partial charge in [-0.05, 0) is 98.7 Å². The average Bonchev–Trinajstić information content (AvgIpc) is 1.53. The third kappa shape index (κ3) is 29.4. The summed E-state index contributed by atoms with van der Waals surface area (Å²) in [6.45, 7) is 6.06. The molecular weight excluding hydrogens is 1780 g/mol. The van der Waals surface area contributed by atoms with E-state index in [0.717, 1.165) is 36.3 Å². The fourth-order valence-electron chi connectivity index (χ4n) is 16.8. The van der Waals surface area contributed by atoms with Crippen LogP contribution < -0.4 is 81.4 Å². The molecule has 0 spiro atoms. The maximum absolute atomic E-state index is 15.8. The van der Waals surface area contributed by atoms with E-state index in [1.165, 1.54) is 40.6 Å². The summed E-state index contributed by atoms with van der Waals surface area (Å²) >= 11 is 0.777. The van der Waals surface area contributed by atoms with Crippen LogP contribution in [-0.2, 0) is 107 Å². The highest BCUT2D eigenvalue weighted by Crippen LogP contribution is 2.28. The normalized spacial score (nSPS) is 24.7.